The Bertz CT molecular complexity index is 435. The van der Waals surface area contributed by atoms with Gasteiger partial charge in [-0.2, -0.15) is 0 Å². The minimum Gasteiger partial charge on any atom is -0.387 e. The molecule has 1 aromatic rings. The second-order valence-electron chi connectivity index (χ2n) is 4.25. The van der Waals surface area contributed by atoms with Gasteiger partial charge in [0.1, 0.15) is 5.17 Å². The Kier molecular flexibility index (Phi) is 6.32. The number of halogens is 1. The van der Waals surface area contributed by atoms with Crippen molar-refractivity contribution in [2.45, 2.75) is 20.0 Å². The average molecular weight is 285 g/mol. The van der Waals surface area contributed by atoms with Gasteiger partial charge in [0, 0.05) is 5.92 Å². The molecule has 0 aromatic heterocycles. The van der Waals surface area contributed by atoms with Crippen molar-refractivity contribution < 1.29 is 14.7 Å². The van der Waals surface area contributed by atoms with E-state index in [2.05, 4.69) is 15.3 Å². The van der Waals surface area contributed by atoms with Gasteiger partial charge in [-0.3, -0.25) is 4.84 Å². The fourth-order valence-electron chi connectivity index (χ4n) is 1.20. The molecule has 0 fully saturated rings. The number of rotatable bonds is 5. The van der Waals surface area contributed by atoms with E-state index in [9.17, 15) is 9.90 Å². The van der Waals surface area contributed by atoms with Crippen molar-refractivity contribution in [1.29, 1.82) is 0 Å². The zero-order valence-electron chi connectivity index (χ0n) is 10.8. The lowest BCUT2D eigenvalue weighted by atomic mass is 10.1. The molecule has 6 heteroatoms. The molecular formula is C13H17ClN2O3. The maximum absolute atomic E-state index is 11.3. The Morgan fingerprint density at radius 1 is 1.42 bits per heavy atom. The molecule has 0 bridgehead atoms. The van der Waals surface area contributed by atoms with Gasteiger partial charge in [-0.15, -0.1) is 0 Å². The number of hydrogen-bond acceptors (Lipinski definition) is 4. The fourth-order valence-corrected chi connectivity index (χ4v) is 1.23. The predicted molar refractivity (Wildman–Crippen MR) is 74.0 cm³/mol. The molecule has 1 amide bonds. The zero-order valence-corrected chi connectivity index (χ0v) is 11.6. The van der Waals surface area contributed by atoms with Gasteiger partial charge in [-0.25, -0.2) is 4.79 Å². The van der Waals surface area contributed by atoms with Crippen molar-refractivity contribution >= 4 is 22.9 Å². The number of oxime groups is 1. The second-order valence-corrected chi connectivity index (χ2v) is 4.64. The van der Waals surface area contributed by atoms with Crippen LogP contribution in [0.3, 0.4) is 0 Å². The fraction of sp³-hybridized carbons (Fsp3) is 0.385. The van der Waals surface area contributed by atoms with Gasteiger partial charge in [-0.1, -0.05) is 60.9 Å². The molecule has 0 spiro atoms. The van der Waals surface area contributed by atoms with Crippen LogP contribution in [0.1, 0.15) is 25.5 Å². The number of amides is 1. The first-order chi connectivity index (χ1) is 9.00. The van der Waals surface area contributed by atoms with Gasteiger partial charge >= 0.3 is 6.09 Å². The lowest BCUT2D eigenvalue weighted by Gasteiger charge is -2.11. The van der Waals surface area contributed by atoms with E-state index < -0.39 is 12.2 Å². The molecule has 0 saturated heterocycles. The molecule has 104 valence electrons. The molecule has 1 atom stereocenters. The third kappa shape index (κ3) is 5.72. The van der Waals surface area contributed by atoms with Crippen molar-refractivity contribution in [2.24, 2.45) is 11.1 Å². The van der Waals surface area contributed by atoms with E-state index in [4.69, 9.17) is 11.6 Å². The molecule has 1 rings (SSSR count). The molecule has 0 saturated carbocycles. The normalized spacial score (nSPS) is 13.2. The van der Waals surface area contributed by atoms with Gasteiger partial charge in [0.2, 0.25) is 0 Å². The molecule has 0 aliphatic rings. The highest BCUT2D eigenvalue weighted by Crippen LogP contribution is 2.10. The molecule has 2 N–H and O–H groups in total. The molecule has 0 aliphatic carbocycles. The summed E-state index contributed by atoms with van der Waals surface area (Å²) in [6.45, 7) is 3.69. The standard InChI is InChI=1S/C13H17ClN2O3/c1-9(2)12(14)16-19-13(18)15-8-11(17)10-6-4-3-5-7-10/h3-7,9,11,17H,8H2,1-2H3,(H,15,18)/b16-12-. The number of aliphatic hydroxyl groups excluding tert-OH is 1. The van der Waals surface area contributed by atoms with E-state index in [-0.39, 0.29) is 17.6 Å². The van der Waals surface area contributed by atoms with Crippen LogP contribution in [-0.2, 0) is 4.84 Å². The lowest BCUT2D eigenvalue weighted by molar-refractivity contribution is 0.134. The van der Waals surface area contributed by atoms with Crippen LogP contribution in [0.5, 0.6) is 0 Å². The molecule has 0 heterocycles. The first-order valence-corrected chi connectivity index (χ1v) is 6.29. The lowest BCUT2D eigenvalue weighted by Crippen LogP contribution is -2.28. The van der Waals surface area contributed by atoms with Crippen LogP contribution in [0, 0.1) is 5.92 Å². The first-order valence-electron chi connectivity index (χ1n) is 5.92. The van der Waals surface area contributed by atoms with E-state index in [1.165, 1.54) is 0 Å². The molecule has 0 radical (unpaired) electrons. The van der Waals surface area contributed by atoms with Crippen LogP contribution in [0.4, 0.5) is 4.79 Å². The Morgan fingerprint density at radius 2 is 2.05 bits per heavy atom. The largest absolute Gasteiger partial charge is 0.433 e. The number of nitrogens with zero attached hydrogens (tertiary/aromatic N) is 1. The van der Waals surface area contributed by atoms with E-state index in [0.29, 0.717) is 5.56 Å². The Hall–Kier alpha value is -1.59. The summed E-state index contributed by atoms with van der Waals surface area (Å²) >= 11 is 5.71. The molecule has 1 aromatic carbocycles. The summed E-state index contributed by atoms with van der Waals surface area (Å²) in [5.74, 6) is -0.00984. The minimum absolute atomic E-state index is 0.00984. The van der Waals surface area contributed by atoms with Crippen LogP contribution in [0.25, 0.3) is 0 Å². The maximum atomic E-state index is 11.3. The summed E-state index contributed by atoms with van der Waals surface area (Å²) in [5.41, 5.74) is 0.714. The van der Waals surface area contributed by atoms with E-state index >= 15 is 0 Å². The van der Waals surface area contributed by atoms with Crippen LogP contribution >= 0.6 is 11.6 Å². The van der Waals surface area contributed by atoms with Gasteiger partial charge in [0.15, 0.2) is 0 Å². The van der Waals surface area contributed by atoms with Gasteiger partial charge in [0.25, 0.3) is 0 Å². The van der Waals surface area contributed by atoms with Crippen LogP contribution in [-0.4, -0.2) is 22.9 Å². The SMILES string of the molecule is CC(C)/C(Cl)=N/OC(=O)NCC(O)c1ccccc1. The topological polar surface area (TPSA) is 70.9 Å². The first kappa shape index (κ1) is 15.5. The van der Waals surface area contributed by atoms with Crippen LogP contribution < -0.4 is 5.32 Å². The quantitative estimate of drug-likeness (QED) is 0.496. The summed E-state index contributed by atoms with van der Waals surface area (Å²) in [6.07, 6.45) is -1.55. The highest BCUT2D eigenvalue weighted by atomic mass is 35.5. The third-order valence-electron chi connectivity index (χ3n) is 2.32. The van der Waals surface area contributed by atoms with E-state index in [0.717, 1.165) is 0 Å². The van der Waals surface area contributed by atoms with Crippen molar-refractivity contribution in [3.63, 3.8) is 0 Å². The summed E-state index contributed by atoms with van der Waals surface area (Å²) in [7, 11) is 0. The van der Waals surface area contributed by atoms with Crippen molar-refractivity contribution in [1.82, 2.24) is 5.32 Å². The number of nitrogens with one attached hydrogen (secondary N) is 1. The number of carbonyl (C=O) groups excluding carboxylic acids is 1. The molecular weight excluding hydrogens is 268 g/mol. The van der Waals surface area contributed by atoms with E-state index in [1.54, 1.807) is 12.1 Å². The number of carbonyl (C=O) groups is 1. The maximum Gasteiger partial charge on any atom is 0.433 e. The predicted octanol–water partition coefficient (Wildman–Crippen LogP) is 2.65. The van der Waals surface area contributed by atoms with Gasteiger partial charge in [0.05, 0.1) is 12.6 Å². The van der Waals surface area contributed by atoms with Crippen molar-refractivity contribution in [2.75, 3.05) is 6.54 Å². The number of aliphatic hydroxyl groups is 1. The monoisotopic (exact) mass is 284 g/mol. The molecule has 19 heavy (non-hydrogen) atoms. The Balaban J connectivity index is 2.37. The van der Waals surface area contributed by atoms with Crippen LogP contribution in [0.2, 0.25) is 0 Å². The zero-order chi connectivity index (χ0) is 14.3. The molecule has 0 aliphatic heterocycles. The van der Waals surface area contributed by atoms with Gasteiger partial charge < -0.3 is 10.4 Å². The Morgan fingerprint density at radius 3 is 2.63 bits per heavy atom. The molecule has 1 unspecified atom stereocenters. The Labute approximate surface area is 117 Å². The van der Waals surface area contributed by atoms with Crippen LogP contribution in [0.15, 0.2) is 35.5 Å². The summed E-state index contributed by atoms with van der Waals surface area (Å²) < 4.78 is 0. The third-order valence-corrected chi connectivity index (χ3v) is 2.82. The van der Waals surface area contributed by atoms with Gasteiger partial charge in [-0.05, 0) is 5.56 Å². The van der Waals surface area contributed by atoms with Crippen molar-refractivity contribution in [3.05, 3.63) is 35.9 Å². The summed E-state index contributed by atoms with van der Waals surface area (Å²) in [5, 5.41) is 15.9. The average Bonchev–Trinajstić information content (AvgIpc) is 2.42. The summed E-state index contributed by atoms with van der Waals surface area (Å²) in [6, 6.07) is 9.00. The second kappa shape index (κ2) is 7.76. The highest BCUT2D eigenvalue weighted by molar-refractivity contribution is 6.65. The highest BCUT2D eigenvalue weighted by Gasteiger charge is 2.10. The number of hydrogen-bond donors (Lipinski definition) is 2. The number of benzene rings is 1. The summed E-state index contributed by atoms with van der Waals surface area (Å²) in [4.78, 5) is 15.8. The van der Waals surface area contributed by atoms with E-state index in [1.807, 2.05) is 32.0 Å². The minimum atomic E-state index is -0.793. The van der Waals surface area contributed by atoms with Crippen molar-refractivity contribution in [3.8, 4) is 0 Å². The molecule has 5 nitrogen and oxygen atoms in total. The smallest absolute Gasteiger partial charge is 0.387 e.